The lowest BCUT2D eigenvalue weighted by molar-refractivity contribution is 0.0995. The average molecular weight is 189 g/mol. The summed E-state index contributed by atoms with van der Waals surface area (Å²) in [7, 11) is 1.53. The van der Waals surface area contributed by atoms with Crippen LogP contribution in [0.25, 0.3) is 0 Å². The molecule has 1 aromatic rings. The fourth-order valence-corrected chi connectivity index (χ4v) is 0.647. The molecule has 1 aromatic heterocycles. The number of nitrogens with two attached hydrogens (primary N) is 1. The largest absolute Gasteiger partial charge is 0.495 e. The molecule has 0 saturated heterocycles. The van der Waals surface area contributed by atoms with Gasteiger partial charge in [-0.3, -0.25) is 4.79 Å². The number of nitrogens with zero attached hydrogens (tertiary/aromatic N) is 1. The standard InChI is InChI=1S/C7H8N2O2.ClH/c1-11-5-2-3-6(7(8)10)9-4-5;/h2-4H,1H3,(H2,8,10);1H. The van der Waals surface area contributed by atoms with E-state index in [1.54, 1.807) is 6.07 Å². The van der Waals surface area contributed by atoms with Crippen LogP contribution in [0, 0.1) is 0 Å². The van der Waals surface area contributed by atoms with E-state index in [0.717, 1.165) is 0 Å². The number of carbonyl (C=O) groups excluding carboxylic acids is 1. The normalized spacial score (nSPS) is 8.42. The van der Waals surface area contributed by atoms with Crippen molar-refractivity contribution in [3.05, 3.63) is 24.0 Å². The predicted octanol–water partition coefficient (Wildman–Crippen LogP) is 0.611. The Bertz CT molecular complexity index is 261. The molecular weight excluding hydrogens is 180 g/mol. The molecule has 0 aliphatic carbocycles. The van der Waals surface area contributed by atoms with Crippen molar-refractivity contribution in [1.82, 2.24) is 4.98 Å². The maximum absolute atomic E-state index is 10.5. The fraction of sp³-hybridized carbons (Fsp3) is 0.143. The average Bonchev–Trinajstić information content (AvgIpc) is 2.05. The SMILES string of the molecule is COc1ccc(C(N)=O)nc1.Cl. The molecule has 0 spiro atoms. The first kappa shape index (κ1) is 10.7. The predicted molar refractivity (Wildman–Crippen MR) is 46.6 cm³/mol. The van der Waals surface area contributed by atoms with Crippen LogP contribution < -0.4 is 10.5 Å². The summed E-state index contributed by atoms with van der Waals surface area (Å²) >= 11 is 0. The summed E-state index contributed by atoms with van der Waals surface area (Å²) < 4.78 is 4.83. The lowest BCUT2D eigenvalue weighted by Crippen LogP contribution is -2.12. The smallest absolute Gasteiger partial charge is 0.267 e. The van der Waals surface area contributed by atoms with E-state index >= 15 is 0 Å². The summed E-state index contributed by atoms with van der Waals surface area (Å²) in [6.07, 6.45) is 1.44. The second-order valence-electron chi connectivity index (χ2n) is 1.95. The Morgan fingerprint density at radius 3 is 2.58 bits per heavy atom. The monoisotopic (exact) mass is 188 g/mol. The number of aromatic nitrogens is 1. The molecule has 0 saturated carbocycles. The minimum absolute atomic E-state index is 0. The van der Waals surface area contributed by atoms with Crippen LogP contribution in [-0.4, -0.2) is 18.0 Å². The Balaban J connectivity index is 0.00000121. The molecule has 0 bridgehead atoms. The third kappa shape index (κ3) is 2.39. The van der Waals surface area contributed by atoms with Crippen LogP contribution in [0.4, 0.5) is 0 Å². The highest BCUT2D eigenvalue weighted by Crippen LogP contribution is 2.06. The van der Waals surface area contributed by atoms with Crippen LogP contribution in [0.3, 0.4) is 0 Å². The number of rotatable bonds is 2. The van der Waals surface area contributed by atoms with Gasteiger partial charge in [0.15, 0.2) is 0 Å². The van der Waals surface area contributed by atoms with Crippen molar-refractivity contribution in [3.63, 3.8) is 0 Å². The van der Waals surface area contributed by atoms with Gasteiger partial charge in [0.1, 0.15) is 11.4 Å². The van der Waals surface area contributed by atoms with Gasteiger partial charge >= 0.3 is 0 Å². The zero-order valence-corrected chi connectivity index (χ0v) is 7.30. The van der Waals surface area contributed by atoms with E-state index in [9.17, 15) is 4.79 Å². The Hall–Kier alpha value is -1.29. The molecule has 0 radical (unpaired) electrons. The van der Waals surface area contributed by atoms with Crippen molar-refractivity contribution in [2.75, 3.05) is 7.11 Å². The van der Waals surface area contributed by atoms with Crippen molar-refractivity contribution in [3.8, 4) is 5.75 Å². The van der Waals surface area contributed by atoms with Crippen LogP contribution in [0.1, 0.15) is 10.5 Å². The van der Waals surface area contributed by atoms with Crippen LogP contribution in [0.2, 0.25) is 0 Å². The van der Waals surface area contributed by atoms with E-state index in [1.807, 2.05) is 0 Å². The highest BCUT2D eigenvalue weighted by atomic mass is 35.5. The van der Waals surface area contributed by atoms with Crippen LogP contribution in [-0.2, 0) is 0 Å². The molecule has 1 heterocycles. The second-order valence-corrected chi connectivity index (χ2v) is 1.95. The number of hydrogen-bond donors (Lipinski definition) is 1. The third-order valence-corrected chi connectivity index (χ3v) is 1.22. The number of amides is 1. The van der Waals surface area contributed by atoms with Gasteiger partial charge in [-0.25, -0.2) is 4.98 Å². The van der Waals surface area contributed by atoms with Crippen molar-refractivity contribution in [2.45, 2.75) is 0 Å². The Morgan fingerprint density at radius 2 is 2.25 bits per heavy atom. The maximum Gasteiger partial charge on any atom is 0.267 e. The van der Waals surface area contributed by atoms with E-state index in [1.165, 1.54) is 19.4 Å². The Morgan fingerprint density at radius 1 is 1.58 bits per heavy atom. The summed E-state index contributed by atoms with van der Waals surface area (Å²) in [5.74, 6) is 0.0719. The number of halogens is 1. The molecule has 5 heteroatoms. The van der Waals surface area contributed by atoms with Gasteiger partial charge in [-0.1, -0.05) is 0 Å². The van der Waals surface area contributed by atoms with Gasteiger partial charge in [-0.2, -0.15) is 0 Å². The highest BCUT2D eigenvalue weighted by Gasteiger charge is 1.99. The lowest BCUT2D eigenvalue weighted by atomic mass is 10.3. The zero-order chi connectivity index (χ0) is 8.27. The van der Waals surface area contributed by atoms with E-state index in [2.05, 4.69) is 4.98 Å². The molecular formula is C7H9ClN2O2. The van der Waals surface area contributed by atoms with Gasteiger partial charge in [-0.05, 0) is 12.1 Å². The summed E-state index contributed by atoms with van der Waals surface area (Å²) in [6, 6.07) is 3.15. The summed E-state index contributed by atoms with van der Waals surface area (Å²) in [6.45, 7) is 0. The number of hydrogen-bond acceptors (Lipinski definition) is 3. The van der Waals surface area contributed by atoms with E-state index in [4.69, 9.17) is 10.5 Å². The van der Waals surface area contributed by atoms with Crippen molar-refractivity contribution >= 4 is 18.3 Å². The maximum atomic E-state index is 10.5. The summed E-state index contributed by atoms with van der Waals surface area (Å²) in [5.41, 5.74) is 5.20. The molecule has 12 heavy (non-hydrogen) atoms. The lowest BCUT2D eigenvalue weighted by Gasteiger charge is -1.97. The molecule has 0 atom stereocenters. The van der Waals surface area contributed by atoms with Crippen LogP contribution >= 0.6 is 12.4 Å². The molecule has 4 nitrogen and oxygen atoms in total. The second kappa shape index (κ2) is 4.56. The topological polar surface area (TPSA) is 65.2 Å². The first-order chi connectivity index (χ1) is 5.24. The molecule has 0 fully saturated rings. The highest BCUT2D eigenvalue weighted by molar-refractivity contribution is 5.90. The first-order valence-corrected chi connectivity index (χ1v) is 3.04. The molecule has 0 aliphatic heterocycles. The number of methoxy groups -OCH3 is 1. The molecule has 2 N–H and O–H groups in total. The van der Waals surface area contributed by atoms with Gasteiger partial charge < -0.3 is 10.5 Å². The Kier molecular flexibility index (Phi) is 4.07. The van der Waals surface area contributed by atoms with E-state index in [0.29, 0.717) is 5.75 Å². The van der Waals surface area contributed by atoms with Gasteiger partial charge in [-0.15, -0.1) is 12.4 Å². The fourth-order valence-electron chi connectivity index (χ4n) is 0.647. The minimum Gasteiger partial charge on any atom is -0.495 e. The van der Waals surface area contributed by atoms with Crippen molar-refractivity contribution in [2.24, 2.45) is 5.73 Å². The quantitative estimate of drug-likeness (QED) is 0.740. The number of ether oxygens (including phenoxy) is 1. The van der Waals surface area contributed by atoms with Crippen LogP contribution in [0.15, 0.2) is 18.3 Å². The van der Waals surface area contributed by atoms with Crippen molar-refractivity contribution < 1.29 is 9.53 Å². The van der Waals surface area contributed by atoms with E-state index in [-0.39, 0.29) is 18.1 Å². The first-order valence-electron chi connectivity index (χ1n) is 3.04. The Labute approximate surface area is 76.1 Å². The van der Waals surface area contributed by atoms with Gasteiger partial charge in [0.05, 0.1) is 13.3 Å². The zero-order valence-electron chi connectivity index (χ0n) is 6.48. The van der Waals surface area contributed by atoms with E-state index < -0.39 is 5.91 Å². The van der Waals surface area contributed by atoms with Crippen molar-refractivity contribution in [1.29, 1.82) is 0 Å². The third-order valence-electron chi connectivity index (χ3n) is 1.22. The van der Waals surface area contributed by atoms with Gasteiger partial charge in [0, 0.05) is 0 Å². The molecule has 66 valence electrons. The summed E-state index contributed by atoms with van der Waals surface area (Å²) in [4.78, 5) is 14.3. The number of pyridine rings is 1. The number of carbonyl (C=O) groups is 1. The molecule has 1 amide bonds. The molecule has 0 aliphatic rings. The summed E-state index contributed by atoms with van der Waals surface area (Å²) in [5, 5.41) is 0. The minimum atomic E-state index is -0.535. The number of primary amides is 1. The van der Waals surface area contributed by atoms with Gasteiger partial charge in [0.25, 0.3) is 5.91 Å². The molecule has 0 unspecified atom stereocenters. The molecule has 1 rings (SSSR count). The van der Waals surface area contributed by atoms with Gasteiger partial charge in [0.2, 0.25) is 0 Å². The molecule has 0 aromatic carbocycles. The van der Waals surface area contributed by atoms with Crippen LogP contribution in [0.5, 0.6) is 5.75 Å².